The van der Waals surface area contributed by atoms with Crippen LogP contribution in [-0.2, 0) is 9.53 Å². The molecule has 8 heteroatoms. The summed E-state index contributed by atoms with van der Waals surface area (Å²) in [7, 11) is 0. The van der Waals surface area contributed by atoms with Gasteiger partial charge in [-0.2, -0.15) is 0 Å². The van der Waals surface area contributed by atoms with Gasteiger partial charge in [0.25, 0.3) is 11.6 Å². The molecule has 0 unspecified atom stereocenters. The largest absolute Gasteiger partial charge is 0.452 e. The molecule has 1 amide bonds. The van der Waals surface area contributed by atoms with Gasteiger partial charge in [0, 0.05) is 31.3 Å². The monoisotopic (exact) mass is 361 g/mol. The molecule has 1 aliphatic heterocycles. The number of carbonyl (C=O) groups excluding carboxylic acids is 2. The molecule has 1 N–H and O–H groups in total. The van der Waals surface area contributed by atoms with E-state index in [1.165, 1.54) is 12.1 Å². The minimum atomic E-state index is -0.715. The summed E-state index contributed by atoms with van der Waals surface area (Å²) < 4.78 is 5.11. The fourth-order valence-corrected chi connectivity index (χ4v) is 3.03. The maximum absolute atomic E-state index is 12.5. The highest BCUT2D eigenvalue weighted by Gasteiger charge is 2.26. The highest BCUT2D eigenvalue weighted by molar-refractivity contribution is 5.97. The van der Waals surface area contributed by atoms with E-state index in [-0.39, 0.29) is 29.8 Å². The summed E-state index contributed by atoms with van der Waals surface area (Å²) in [5, 5.41) is 13.8. The first kappa shape index (κ1) is 18.2. The van der Waals surface area contributed by atoms with Crippen molar-refractivity contribution in [3.8, 4) is 0 Å². The smallest absolute Gasteiger partial charge is 0.341 e. The van der Waals surface area contributed by atoms with Crippen LogP contribution in [0.3, 0.4) is 0 Å². The fraction of sp³-hybridized carbons (Fsp3) is 0.556. The van der Waals surface area contributed by atoms with E-state index in [1.807, 2.05) is 4.90 Å². The molecule has 3 rings (SSSR count). The second-order valence-electron chi connectivity index (χ2n) is 7.05. The zero-order chi connectivity index (χ0) is 18.7. The molecule has 0 aromatic heterocycles. The van der Waals surface area contributed by atoms with Crippen LogP contribution in [0.25, 0.3) is 0 Å². The van der Waals surface area contributed by atoms with Crippen molar-refractivity contribution in [3.63, 3.8) is 0 Å². The van der Waals surface area contributed by atoms with E-state index >= 15 is 0 Å². The van der Waals surface area contributed by atoms with Crippen molar-refractivity contribution in [3.05, 3.63) is 33.9 Å². The minimum absolute atomic E-state index is 0.132. The first-order valence-corrected chi connectivity index (χ1v) is 8.94. The average Bonchev–Trinajstić information content (AvgIpc) is 3.43. The van der Waals surface area contributed by atoms with E-state index in [2.05, 4.69) is 12.2 Å². The fourth-order valence-electron chi connectivity index (χ4n) is 3.03. The summed E-state index contributed by atoms with van der Waals surface area (Å²) in [6.45, 7) is 3.36. The van der Waals surface area contributed by atoms with Crippen LogP contribution < -0.4 is 10.2 Å². The Kier molecular flexibility index (Phi) is 5.39. The van der Waals surface area contributed by atoms with Crippen LogP contribution >= 0.6 is 0 Å². The molecular formula is C18H23N3O5. The van der Waals surface area contributed by atoms with Crippen LogP contribution in [0.15, 0.2) is 18.2 Å². The number of piperidine rings is 1. The Morgan fingerprint density at radius 1 is 1.27 bits per heavy atom. The molecular weight excluding hydrogens is 338 g/mol. The first-order valence-electron chi connectivity index (χ1n) is 8.94. The van der Waals surface area contributed by atoms with E-state index in [9.17, 15) is 19.7 Å². The molecule has 2 aliphatic rings. The lowest BCUT2D eigenvalue weighted by Gasteiger charge is -2.33. The molecule has 1 aromatic rings. The molecule has 26 heavy (non-hydrogen) atoms. The van der Waals surface area contributed by atoms with Gasteiger partial charge in [0.1, 0.15) is 0 Å². The predicted molar refractivity (Wildman–Crippen MR) is 95.2 cm³/mol. The second-order valence-corrected chi connectivity index (χ2v) is 7.05. The first-order chi connectivity index (χ1) is 12.4. The molecule has 1 aromatic carbocycles. The summed E-state index contributed by atoms with van der Waals surface area (Å²) in [4.78, 5) is 36.8. The Bertz CT molecular complexity index is 709. The van der Waals surface area contributed by atoms with Crippen LogP contribution in [0.2, 0.25) is 0 Å². The third-order valence-corrected chi connectivity index (χ3v) is 4.81. The van der Waals surface area contributed by atoms with Gasteiger partial charge < -0.3 is 15.0 Å². The van der Waals surface area contributed by atoms with Gasteiger partial charge >= 0.3 is 5.97 Å². The van der Waals surface area contributed by atoms with Crippen LogP contribution in [0.5, 0.6) is 0 Å². The SMILES string of the molecule is CC1CCN(c2ccc([N+](=O)[O-])cc2C(=O)OCC(=O)NC2CC2)CC1. The van der Waals surface area contributed by atoms with Crippen molar-refractivity contribution >= 4 is 23.3 Å². The number of ether oxygens (including phenoxy) is 1. The number of anilines is 1. The maximum Gasteiger partial charge on any atom is 0.341 e. The molecule has 0 spiro atoms. The van der Waals surface area contributed by atoms with E-state index in [1.54, 1.807) is 6.07 Å². The van der Waals surface area contributed by atoms with Crippen molar-refractivity contribution in [2.24, 2.45) is 5.92 Å². The van der Waals surface area contributed by atoms with Crippen molar-refractivity contribution in [1.82, 2.24) is 5.32 Å². The summed E-state index contributed by atoms with van der Waals surface area (Å²) >= 11 is 0. The number of nitro groups is 1. The topological polar surface area (TPSA) is 102 Å². The summed E-state index contributed by atoms with van der Waals surface area (Å²) in [6, 6.07) is 4.40. The molecule has 1 saturated heterocycles. The van der Waals surface area contributed by atoms with Crippen LogP contribution in [-0.4, -0.2) is 42.5 Å². The Morgan fingerprint density at radius 3 is 2.58 bits per heavy atom. The van der Waals surface area contributed by atoms with Crippen LogP contribution in [0.1, 0.15) is 43.0 Å². The maximum atomic E-state index is 12.5. The third kappa shape index (κ3) is 4.50. The minimum Gasteiger partial charge on any atom is -0.452 e. The normalized spacial score (nSPS) is 17.7. The lowest BCUT2D eigenvalue weighted by molar-refractivity contribution is -0.384. The van der Waals surface area contributed by atoms with Gasteiger partial charge in [0.05, 0.1) is 16.2 Å². The van der Waals surface area contributed by atoms with Gasteiger partial charge in [-0.1, -0.05) is 6.92 Å². The number of amides is 1. The number of carbonyl (C=O) groups is 2. The summed E-state index contributed by atoms with van der Waals surface area (Å²) in [5.74, 6) is -0.446. The standard InChI is InChI=1S/C18H23N3O5/c1-12-6-8-20(9-7-12)16-5-4-14(21(24)25)10-15(16)18(23)26-11-17(22)19-13-2-3-13/h4-5,10,12-13H,2-3,6-9,11H2,1H3,(H,19,22). The van der Waals surface area contributed by atoms with Crippen molar-refractivity contribution in [1.29, 1.82) is 0 Å². The molecule has 0 bridgehead atoms. The van der Waals surface area contributed by atoms with E-state index < -0.39 is 10.9 Å². The number of hydrogen-bond acceptors (Lipinski definition) is 6. The Balaban J connectivity index is 1.75. The summed E-state index contributed by atoms with van der Waals surface area (Å²) in [5.41, 5.74) is 0.580. The van der Waals surface area contributed by atoms with Gasteiger partial charge in [0.15, 0.2) is 6.61 Å². The zero-order valence-corrected chi connectivity index (χ0v) is 14.8. The molecule has 2 fully saturated rings. The highest BCUT2D eigenvalue weighted by Crippen LogP contribution is 2.30. The second kappa shape index (κ2) is 7.72. The van der Waals surface area contributed by atoms with Gasteiger partial charge in [-0.05, 0) is 37.7 Å². The van der Waals surface area contributed by atoms with Gasteiger partial charge in [0.2, 0.25) is 0 Å². The average molecular weight is 361 g/mol. The molecule has 140 valence electrons. The van der Waals surface area contributed by atoms with Gasteiger partial charge in [-0.15, -0.1) is 0 Å². The van der Waals surface area contributed by atoms with E-state index in [0.29, 0.717) is 11.6 Å². The van der Waals surface area contributed by atoms with Gasteiger partial charge in [-0.25, -0.2) is 4.79 Å². The lowest BCUT2D eigenvalue weighted by atomic mass is 9.98. The Labute approximate surface area is 151 Å². The molecule has 1 heterocycles. The number of nitro benzene ring substituents is 1. The Morgan fingerprint density at radius 2 is 1.96 bits per heavy atom. The number of nitrogens with one attached hydrogen (secondary N) is 1. The predicted octanol–water partition coefficient (Wildman–Crippen LogP) is 2.27. The van der Waals surface area contributed by atoms with Crippen molar-refractivity contribution in [2.75, 3.05) is 24.6 Å². The van der Waals surface area contributed by atoms with Crippen molar-refractivity contribution in [2.45, 2.75) is 38.6 Å². The summed E-state index contributed by atoms with van der Waals surface area (Å²) in [6.07, 6.45) is 3.88. The number of esters is 1. The molecule has 0 atom stereocenters. The number of non-ortho nitro benzene ring substituents is 1. The van der Waals surface area contributed by atoms with Crippen LogP contribution in [0.4, 0.5) is 11.4 Å². The molecule has 1 saturated carbocycles. The van der Waals surface area contributed by atoms with Crippen molar-refractivity contribution < 1.29 is 19.2 Å². The quantitative estimate of drug-likeness (QED) is 0.474. The number of rotatable bonds is 6. The molecule has 0 radical (unpaired) electrons. The van der Waals surface area contributed by atoms with E-state index in [0.717, 1.165) is 38.8 Å². The Hall–Kier alpha value is -2.64. The van der Waals surface area contributed by atoms with E-state index in [4.69, 9.17) is 4.74 Å². The van der Waals surface area contributed by atoms with Gasteiger partial charge in [-0.3, -0.25) is 14.9 Å². The van der Waals surface area contributed by atoms with Crippen LogP contribution in [0, 0.1) is 16.0 Å². The highest BCUT2D eigenvalue weighted by atomic mass is 16.6. The molecule has 1 aliphatic carbocycles. The number of hydrogen-bond donors (Lipinski definition) is 1. The lowest BCUT2D eigenvalue weighted by Crippen LogP contribution is -2.34. The third-order valence-electron chi connectivity index (χ3n) is 4.81. The number of benzene rings is 1. The molecule has 8 nitrogen and oxygen atoms in total. The number of nitrogens with zero attached hydrogens (tertiary/aromatic N) is 2. The zero-order valence-electron chi connectivity index (χ0n) is 14.8.